The predicted molar refractivity (Wildman–Crippen MR) is 62.1 cm³/mol. The maximum atomic E-state index is 11.2. The Kier molecular flexibility index (Phi) is 2.12. The van der Waals surface area contributed by atoms with Gasteiger partial charge >= 0.3 is 5.97 Å². The van der Waals surface area contributed by atoms with E-state index < -0.39 is 5.97 Å². The quantitative estimate of drug-likeness (QED) is 0.720. The minimum absolute atomic E-state index is 0.0145. The molecule has 0 radical (unpaired) electrons. The van der Waals surface area contributed by atoms with Gasteiger partial charge in [-0.25, -0.2) is 14.3 Å². The molecule has 7 nitrogen and oxygen atoms in total. The monoisotopic (exact) mass is 243 g/mol. The number of carbonyl (C=O) groups is 1. The molecule has 0 saturated carbocycles. The molecule has 0 aromatic carbocycles. The number of aromatic carboxylic acids is 1. The number of carboxylic acids is 1. The third-order valence-corrected chi connectivity index (χ3v) is 2.62. The van der Waals surface area contributed by atoms with E-state index in [1.165, 1.54) is 11.0 Å². The van der Waals surface area contributed by atoms with Crippen LogP contribution in [0.3, 0.4) is 0 Å². The highest BCUT2D eigenvalue weighted by molar-refractivity contribution is 5.95. The van der Waals surface area contributed by atoms with Crippen LogP contribution in [0.25, 0.3) is 16.8 Å². The van der Waals surface area contributed by atoms with Crippen molar-refractivity contribution in [2.24, 2.45) is 7.05 Å². The van der Waals surface area contributed by atoms with Crippen molar-refractivity contribution in [1.29, 1.82) is 0 Å². The fourth-order valence-electron chi connectivity index (χ4n) is 1.89. The van der Waals surface area contributed by atoms with E-state index in [1.54, 1.807) is 24.0 Å². The average molecular weight is 243 g/mol. The van der Waals surface area contributed by atoms with E-state index in [0.717, 1.165) is 5.52 Å². The standard InChI is InChI=1S/C11H9N5O2/c1-15-5-7(10(14-15)11(17)18)9-8-3-2-4-16(8)13-6-12-9/h2-6H,1H3,(H,17,18). The molecular formula is C11H9N5O2. The van der Waals surface area contributed by atoms with Gasteiger partial charge in [0.1, 0.15) is 12.0 Å². The number of nitrogens with zero attached hydrogens (tertiary/aromatic N) is 5. The first kappa shape index (κ1) is 10.5. The number of fused-ring (bicyclic) bond motifs is 1. The first-order valence-electron chi connectivity index (χ1n) is 5.22. The Balaban J connectivity index is 2.32. The lowest BCUT2D eigenvalue weighted by Crippen LogP contribution is -2.02. The third kappa shape index (κ3) is 1.45. The molecule has 0 aliphatic heterocycles. The zero-order chi connectivity index (χ0) is 12.7. The van der Waals surface area contributed by atoms with E-state index in [0.29, 0.717) is 11.3 Å². The average Bonchev–Trinajstić information content (AvgIpc) is 2.94. The van der Waals surface area contributed by atoms with Crippen LogP contribution in [0.4, 0.5) is 0 Å². The summed E-state index contributed by atoms with van der Waals surface area (Å²) >= 11 is 0. The van der Waals surface area contributed by atoms with Crippen LogP contribution in [0, 0.1) is 0 Å². The molecule has 0 amide bonds. The highest BCUT2D eigenvalue weighted by Gasteiger charge is 2.19. The minimum Gasteiger partial charge on any atom is -0.476 e. The summed E-state index contributed by atoms with van der Waals surface area (Å²) in [5, 5.41) is 17.1. The molecule has 3 aromatic rings. The van der Waals surface area contributed by atoms with Crippen LogP contribution in [0.5, 0.6) is 0 Å². The lowest BCUT2D eigenvalue weighted by Gasteiger charge is -2.01. The summed E-state index contributed by atoms with van der Waals surface area (Å²) in [6.45, 7) is 0. The summed E-state index contributed by atoms with van der Waals surface area (Å²) in [4.78, 5) is 15.3. The van der Waals surface area contributed by atoms with E-state index >= 15 is 0 Å². The molecule has 3 aromatic heterocycles. The second kappa shape index (κ2) is 3.66. The van der Waals surface area contributed by atoms with E-state index in [4.69, 9.17) is 5.11 Å². The van der Waals surface area contributed by atoms with Crippen molar-refractivity contribution in [3.8, 4) is 11.3 Å². The highest BCUT2D eigenvalue weighted by Crippen LogP contribution is 2.24. The van der Waals surface area contributed by atoms with Gasteiger partial charge in [-0.1, -0.05) is 0 Å². The predicted octanol–water partition coefficient (Wildman–Crippen LogP) is 0.828. The number of rotatable bonds is 2. The van der Waals surface area contributed by atoms with Crippen molar-refractivity contribution in [2.45, 2.75) is 0 Å². The third-order valence-electron chi connectivity index (χ3n) is 2.62. The molecule has 0 fully saturated rings. The molecular weight excluding hydrogens is 234 g/mol. The maximum Gasteiger partial charge on any atom is 0.357 e. The van der Waals surface area contributed by atoms with E-state index in [9.17, 15) is 4.79 Å². The number of aromatic nitrogens is 5. The van der Waals surface area contributed by atoms with E-state index in [-0.39, 0.29) is 5.69 Å². The second-order valence-electron chi connectivity index (χ2n) is 3.82. The Morgan fingerprint density at radius 3 is 3.06 bits per heavy atom. The van der Waals surface area contributed by atoms with Gasteiger partial charge in [0, 0.05) is 19.4 Å². The number of hydrogen-bond acceptors (Lipinski definition) is 4. The Morgan fingerprint density at radius 1 is 1.44 bits per heavy atom. The van der Waals surface area contributed by atoms with Gasteiger partial charge in [-0.15, -0.1) is 0 Å². The Hall–Kier alpha value is -2.70. The van der Waals surface area contributed by atoms with Crippen molar-refractivity contribution < 1.29 is 9.90 Å². The van der Waals surface area contributed by atoms with Crippen LogP contribution < -0.4 is 0 Å². The molecule has 3 rings (SSSR count). The molecule has 0 spiro atoms. The van der Waals surface area contributed by atoms with Crippen LogP contribution >= 0.6 is 0 Å². The highest BCUT2D eigenvalue weighted by atomic mass is 16.4. The van der Waals surface area contributed by atoms with E-state index in [2.05, 4.69) is 15.2 Å². The normalized spacial score (nSPS) is 10.9. The van der Waals surface area contributed by atoms with Crippen LogP contribution in [0.1, 0.15) is 10.5 Å². The van der Waals surface area contributed by atoms with Gasteiger partial charge < -0.3 is 5.11 Å². The summed E-state index contributed by atoms with van der Waals surface area (Å²) in [7, 11) is 1.67. The van der Waals surface area contributed by atoms with Gasteiger partial charge in [-0.3, -0.25) is 4.68 Å². The Bertz CT molecular complexity index is 743. The fraction of sp³-hybridized carbons (Fsp3) is 0.0909. The fourth-order valence-corrected chi connectivity index (χ4v) is 1.89. The molecule has 1 N–H and O–H groups in total. The number of aryl methyl sites for hydroxylation is 1. The van der Waals surface area contributed by atoms with Crippen LogP contribution in [-0.2, 0) is 7.05 Å². The molecule has 0 atom stereocenters. The zero-order valence-electron chi connectivity index (χ0n) is 9.48. The van der Waals surface area contributed by atoms with E-state index in [1.807, 2.05) is 12.1 Å². The molecule has 7 heteroatoms. The van der Waals surface area contributed by atoms with Crippen molar-refractivity contribution in [2.75, 3.05) is 0 Å². The van der Waals surface area contributed by atoms with Crippen LogP contribution in [0.15, 0.2) is 30.9 Å². The molecule has 0 aliphatic rings. The topological polar surface area (TPSA) is 85.3 Å². The minimum atomic E-state index is -1.08. The van der Waals surface area contributed by atoms with Gasteiger partial charge in [-0.2, -0.15) is 10.2 Å². The summed E-state index contributed by atoms with van der Waals surface area (Å²) in [6.07, 6.45) is 4.80. The van der Waals surface area contributed by atoms with Crippen LogP contribution in [0.2, 0.25) is 0 Å². The van der Waals surface area contributed by atoms with Crippen molar-refractivity contribution in [3.05, 3.63) is 36.5 Å². The van der Waals surface area contributed by atoms with Gasteiger partial charge in [0.15, 0.2) is 5.69 Å². The Labute approximate surface area is 101 Å². The molecule has 0 aliphatic carbocycles. The molecule has 3 heterocycles. The summed E-state index contributed by atoms with van der Waals surface area (Å²) in [5.41, 5.74) is 1.77. The zero-order valence-corrected chi connectivity index (χ0v) is 9.48. The molecule has 0 saturated heterocycles. The molecule has 18 heavy (non-hydrogen) atoms. The second-order valence-corrected chi connectivity index (χ2v) is 3.82. The van der Waals surface area contributed by atoms with Gasteiger partial charge in [0.05, 0.1) is 11.1 Å². The summed E-state index contributed by atoms with van der Waals surface area (Å²) in [5.74, 6) is -1.08. The number of hydrogen-bond donors (Lipinski definition) is 1. The Morgan fingerprint density at radius 2 is 2.28 bits per heavy atom. The van der Waals surface area contributed by atoms with Crippen molar-refractivity contribution >= 4 is 11.5 Å². The van der Waals surface area contributed by atoms with Crippen molar-refractivity contribution in [3.63, 3.8) is 0 Å². The lowest BCUT2D eigenvalue weighted by molar-refractivity contribution is 0.0690. The maximum absolute atomic E-state index is 11.2. The number of carboxylic acid groups (broad SMARTS) is 1. The molecule has 90 valence electrons. The SMILES string of the molecule is Cn1cc(-c2ncnn3cccc23)c(C(=O)O)n1. The summed E-state index contributed by atoms with van der Waals surface area (Å²) in [6, 6.07) is 3.65. The lowest BCUT2D eigenvalue weighted by atomic mass is 10.1. The van der Waals surface area contributed by atoms with Gasteiger partial charge in [0.25, 0.3) is 0 Å². The van der Waals surface area contributed by atoms with Crippen molar-refractivity contribution in [1.82, 2.24) is 24.4 Å². The van der Waals surface area contributed by atoms with Crippen LogP contribution in [-0.4, -0.2) is 35.5 Å². The summed E-state index contributed by atoms with van der Waals surface area (Å²) < 4.78 is 3.10. The largest absolute Gasteiger partial charge is 0.476 e. The molecule has 0 bridgehead atoms. The first-order chi connectivity index (χ1) is 8.66. The van der Waals surface area contributed by atoms with Gasteiger partial charge in [-0.05, 0) is 12.1 Å². The first-order valence-corrected chi connectivity index (χ1v) is 5.22. The molecule has 0 unspecified atom stereocenters. The smallest absolute Gasteiger partial charge is 0.357 e. The van der Waals surface area contributed by atoms with Gasteiger partial charge in [0.2, 0.25) is 0 Å².